The lowest BCUT2D eigenvalue weighted by molar-refractivity contribution is -0.135. The van der Waals surface area contributed by atoms with Gasteiger partial charge in [-0.2, -0.15) is 0 Å². The number of amides is 1. The van der Waals surface area contributed by atoms with Gasteiger partial charge in [0, 0.05) is 13.0 Å². The van der Waals surface area contributed by atoms with Gasteiger partial charge in [0.1, 0.15) is 0 Å². The first kappa shape index (κ1) is 15.4. The third-order valence-electron chi connectivity index (χ3n) is 3.09. The SMILES string of the molecule is CCCCC(CC)C(=O)N(C)C(C)C(N)=S. The van der Waals surface area contributed by atoms with Gasteiger partial charge in [-0.1, -0.05) is 38.9 Å². The Labute approximate surface area is 104 Å². The van der Waals surface area contributed by atoms with Gasteiger partial charge in [-0.15, -0.1) is 0 Å². The summed E-state index contributed by atoms with van der Waals surface area (Å²) in [5.41, 5.74) is 5.55. The average molecular weight is 244 g/mol. The number of rotatable bonds is 7. The van der Waals surface area contributed by atoms with Crippen molar-refractivity contribution in [3.63, 3.8) is 0 Å². The van der Waals surface area contributed by atoms with Crippen molar-refractivity contribution in [1.82, 2.24) is 4.90 Å². The first-order chi connectivity index (χ1) is 7.45. The molecule has 0 heterocycles. The summed E-state index contributed by atoms with van der Waals surface area (Å²) >= 11 is 4.91. The van der Waals surface area contributed by atoms with Crippen LogP contribution in [0, 0.1) is 5.92 Å². The lowest BCUT2D eigenvalue weighted by atomic mass is 9.97. The summed E-state index contributed by atoms with van der Waals surface area (Å²) in [7, 11) is 1.78. The monoisotopic (exact) mass is 244 g/mol. The summed E-state index contributed by atoms with van der Waals surface area (Å²) in [6, 6.07) is -0.154. The highest BCUT2D eigenvalue weighted by Crippen LogP contribution is 2.16. The van der Waals surface area contributed by atoms with Crippen LogP contribution in [0.4, 0.5) is 0 Å². The minimum absolute atomic E-state index is 0.113. The Morgan fingerprint density at radius 2 is 2.00 bits per heavy atom. The topological polar surface area (TPSA) is 46.3 Å². The molecule has 0 aromatic rings. The van der Waals surface area contributed by atoms with Crippen molar-refractivity contribution in [3.05, 3.63) is 0 Å². The molecule has 0 rings (SSSR count). The Hall–Kier alpha value is -0.640. The van der Waals surface area contributed by atoms with Gasteiger partial charge in [-0.25, -0.2) is 0 Å². The van der Waals surface area contributed by atoms with E-state index in [0.717, 1.165) is 25.7 Å². The summed E-state index contributed by atoms with van der Waals surface area (Å²) in [5.74, 6) is 0.276. The lowest BCUT2D eigenvalue weighted by Gasteiger charge is -2.28. The van der Waals surface area contributed by atoms with Crippen LogP contribution >= 0.6 is 12.2 Å². The smallest absolute Gasteiger partial charge is 0.225 e. The summed E-state index contributed by atoms with van der Waals surface area (Å²) < 4.78 is 0. The molecule has 0 aliphatic carbocycles. The minimum Gasteiger partial charge on any atom is -0.392 e. The van der Waals surface area contributed by atoms with Gasteiger partial charge in [-0.05, 0) is 19.8 Å². The molecule has 0 aromatic carbocycles. The molecule has 4 heteroatoms. The van der Waals surface area contributed by atoms with Gasteiger partial charge in [0.2, 0.25) is 5.91 Å². The van der Waals surface area contributed by atoms with Crippen LogP contribution in [0.25, 0.3) is 0 Å². The van der Waals surface area contributed by atoms with E-state index in [1.807, 2.05) is 6.92 Å². The van der Waals surface area contributed by atoms with Crippen molar-refractivity contribution in [2.24, 2.45) is 11.7 Å². The van der Waals surface area contributed by atoms with Crippen molar-refractivity contribution in [1.29, 1.82) is 0 Å². The highest BCUT2D eigenvalue weighted by Gasteiger charge is 2.24. The third-order valence-corrected chi connectivity index (χ3v) is 3.43. The fraction of sp³-hybridized carbons (Fsp3) is 0.833. The van der Waals surface area contributed by atoms with E-state index in [0.29, 0.717) is 4.99 Å². The molecule has 0 radical (unpaired) electrons. The van der Waals surface area contributed by atoms with Crippen molar-refractivity contribution < 1.29 is 4.79 Å². The van der Waals surface area contributed by atoms with E-state index < -0.39 is 0 Å². The summed E-state index contributed by atoms with van der Waals surface area (Å²) in [6.07, 6.45) is 4.06. The average Bonchev–Trinajstić information content (AvgIpc) is 2.27. The van der Waals surface area contributed by atoms with Crippen molar-refractivity contribution in [2.75, 3.05) is 7.05 Å². The molecule has 1 amide bonds. The normalized spacial score (nSPS) is 14.2. The zero-order valence-electron chi connectivity index (χ0n) is 10.8. The molecular formula is C12H24N2OS. The second-order valence-electron chi connectivity index (χ2n) is 4.27. The molecule has 0 aliphatic rings. The van der Waals surface area contributed by atoms with Crippen LogP contribution in [0.1, 0.15) is 46.5 Å². The summed E-state index contributed by atoms with van der Waals surface area (Å²) in [6.45, 7) is 6.06. The molecular weight excluding hydrogens is 220 g/mol. The maximum absolute atomic E-state index is 12.1. The minimum atomic E-state index is -0.154. The van der Waals surface area contributed by atoms with Gasteiger partial charge < -0.3 is 10.6 Å². The van der Waals surface area contributed by atoms with Crippen LogP contribution in [0.2, 0.25) is 0 Å². The number of hydrogen-bond donors (Lipinski definition) is 1. The number of thiocarbonyl (C=S) groups is 1. The predicted molar refractivity (Wildman–Crippen MR) is 72.3 cm³/mol. The van der Waals surface area contributed by atoms with Crippen LogP contribution in [-0.2, 0) is 4.79 Å². The maximum atomic E-state index is 12.1. The number of hydrogen-bond acceptors (Lipinski definition) is 2. The molecule has 2 N–H and O–H groups in total. The standard InChI is InChI=1S/C12H24N2OS/c1-5-7-8-10(6-2)12(15)14(4)9(3)11(13)16/h9-10H,5-8H2,1-4H3,(H2,13,16). The molecule has 0 bridgehead atoms. The van der Waals surface area contributed by atoms with Crippen LogP contribution in [-0.4, -0.2) is 28.9 Å². The zero-order chi connectivity index (χ0) is 12.7. The van der Waals surface area contributed by atoms with E-state index in [4.69, 9.17) is 18.0 Å². The number of carbonyl (C=O) groups excluding carboxylic acids is 1. The fourth-order valence-corrected chi connectivity index (χ4v) is 1.78. The Kier molecular flexibility index (Phi) is 7.30. The van der Waals surface area contributed by atoms with E-state index >= 15 is 0 Å². The lowest BCUT2D eigenvalue weighted by Crippen LogP contribution is -2.45. The Morgan fingerprint density at radius 1 is 1.44 bits per heavy atom. The van der Waals surface area contributed by atoms with Gasteiger partial charge in [0.25, 0.3) is 0 Å². The van der Waals surface area contributed by atoms with Gasteiger partial charge in [0.05, 0.1) is 11.0 Å². The van der Waals surface area contributed by atoms with Crippen LogP contribution in [0.5, 0.6) is 0 Å². The van der Waals surface area contributed by atoms with Gasteiger partial charge in [-0.3, -0.25) is 4.79 Å². The zero-order valence-corrected chi connectivity index (χ0v) is 11.6. The van der Waals surface area contributed by atoms with Gasteiger partial charge in [0.15, 0.2) is 0 Å². The van der Waals surface area contributed by atoms with E-state index in [1.165, 1.54) is 0 Å². The van der Waals surface area contributed by atoms with Crippen molar-refractivity contribution >= 4 is 23.1 Å². The highest BCUT2D eigenvalue weighted by atomic mass is 32.1. The largest absolute Gasteiger partial charge is 0.392 e. The first-order valence-electron chi connectivity index (χ1n) is 6.01. The molecule has 16 heavy (non-hydrogen) atoms. The molecule has 0 spiro atoms. The van der Waals surface area contributed by atoms with E-state index in [-0.39, 0.29) is 17.9 Å². The summed E-state index contributed by atoms with van der Waals surface area (Å²) in [4.78, 5) is 14.2. The van der Waals surface area contributed by atoms with Crippen LogP contribution < -0.4 is 5.73 Å². The Bertz CT molecular complexity index is 243. The number of carbonyl (C=O) groups is 1. The molecule has 2 atom stereocenters. The first-order valence-corrected chi connectivity index (χ1v) is 6.42. The molecule has 0 aliphatic heterocycles. The van der Waals surface area contributed by atoms with E-state index in [1.54, 1.807) is 11.9 Å². The molecule has 3 nitrogen and oxygen atoms in total. The maximum Gasteiger partial charge on any atom is 0.225 e. The molecule has 0 saturated carbocycles. The van der Waals surface area contributed by atoms with Crippen LogP contribution in [0.3, 0.4) is 0 Å². The molecule has 0 fully saturated rings. The van der Waals surface area contributed by atoms with E-state index in [2.05, 4.69) is 13.8 Å². The number of unbranched alkanes of at least 4 members (excludes halogenated alkanes) is 1. The second-order valence-corrected chi connectivity index (χ2v) is 4.75. The molecule has 0 aromatic heterocycles. The van der Waals surface area contributed by atoms with Crippen molar-refractivity contribution in [3.8, 4) is 0 Å². The quantitative estimate of drug-likeness (QED) is 0.699. The fourth-order valence-electron chi connectivity index (χ4n) is 1.62. The number of likely N-dealkylation sites (N-methyl/N-ethyl adjacent to an activating group) is 1. The van der Waals surface area contributed by atoms with E-state index in [9.17, 15) is 4.79 Å². The van der Waals surface area contributed by atoms with Gasteiger partial charge >= 0.3 is 0 Å². The Balaban J connectivity index is 4.43. The van der Waals surface area contributed by atoms with Crippen molar-refractivity contribution in [2.45, 2.75) is 52.5 Å². The number of nitrogens with two attached hydrogens (primary N) is 1. The summed E-state index contributed by atoms with van der Waals surface area (Å²) in [5, 5.41) is 0. The molecule has 94 valence electrons. The van der Waals surface area contributed by atoms with Crippen LogP contribution in [0.15, 0.2) is 0 Å². The highest BCUT2D eigenvalue weighted by molar-refractivity contribution is 7.80. The molecule has 2 unspecified atom stereocenters. The predicted octanol–water partition coefficient (Wildman–Crippen LogP) is 2.34. The Morgan fingerprint density at radius 3 is 2.38 bits per heavy atom. The second kappa shape index (κ2) is 7.60. The molecule has 0 saturated heterocycles. The number of nitrogens with zero attached hydrogens (tertiary/aromatic N) is 1. The third kappa shape index (κ3) is 4.47.